The smallest absolute Gasteiger partial charge is 0.128 e. The van der Waals surface area contributed by atoms with Crippen molar-refractivity contribution in [1.29, 1.82) is 0 Å². The van der Waals surface area contributed by atoms with Gasteiger partial charge in [0.15, 0.2) is 0 Å². The average Bonchev–Trinajstić information content (AvgIpc) is 2.31. The predicted octanol–water partition coefficient (Wildman–Crippen LogP) is 4.21. The third-order valence-corrected chi connectivity index (χ3v) is 4.10. The van der Waals surface area contributed by atoms with E-state index in [2.05, 4.69) is 52.9 Å². The van der Waals surface area contributed by atoms with Crippen LogP contribution in [0.5, 0.6) is 5.75 Å². The molecule has 1 N–H and O–H groups in total. The number of nitrogens with one attached hydrogen (secondary N) is 1. The van der Waals surface area contributed by atoms with Gasteiger partial charge >= 0.3 is 0 Å². The highest BCUT2D eigenvalue weighted by Crippen LogP contribution is 2.44. The maximum absolute atomic E-state index is 6.28. The van der Waals surface area contributed by atoms with Crippen molar-refractivity contribution in [3.63, 3.8) is 0 Å². The zero-order valence-electron chi connectivity index (χ0n) is 13.2. The normalized spacial score (nSPS) is 20.8. The van der Waals surface area contributed by atoms with Gasteiger partial charge in [-0.25, -0.2) is 0 Å². The van der Waals surface area contributed by atoms with Crippen molar-refractivity contribution in [2.75, 3.05) is 6.54 Å². The predicted molar refractivity (Wildman–Crippen MR) is 81.0 cm³/mol. The molecular weight excluding hydrogens is 234 g/mol. The van der Waals surface area contributed by atoms with E-state index in [1.165, 1.54) is 22.3 Å². The Morgan fingerprint density at radius 3 is 2.58 bits per heavy atom. The molecule has 0 saturated heterocycles. The molecule has 1 atom stereocenters. The van der Waals surface area contributed by atoms with E-state index in [0.717, 1.165) is 25.1 Å². The van der Waals surface area contributed by atoms with Crippen molar-refractivity contribution in [1.82, 2.24) is 5.32 Å². The molecule has 0 fully saturated rings. The zero-order valence-corrected chi connectivity index (χ0v) is 13.2. The molecule has 2 nitrogen and oxygen atoms in total. The van der Waals surface area contributed by atoms with Crippen LogP contribution in [-0.2, 0) is 0 Å². The van der Waals surface area contributed by atoms with Crippen LogP contribution in [0.15, 0.2) is 6.07 Å². The summed E-state index contributed by atoms with van der Waals surface area (Å²) in [5.74, 6) is 1.11. The summed E-state index contributed by atoms with van der Waals surface area (Å²) in [5, 5.41) is 3.69. The van der Waals surface area contributed by atoms with Crippen LogP contribution in [0.1, 0.15) is 61.9 Å². The minimum absolute atomic E-state index is 0.0938. The van der Waals surface area contributed by atoms with Crippen LogP contribution in [0.25, 0.3) is 0 Å². The first kappa shape index (κ1) is 14.4. The molecule has 0 bridgehead atoms. The second-order valence-corrected chi connectivity index (χ2v) is 6.45. The third-order valence-electron chi connectivity index (χ3n) is 4.10. The van der Waals surface area contributed by atoms with Gasteiger partial charge in [-0.2, -0.15) is 0 Å². The summed E-state index contributed by atoms with van der Waals surface area (Å²) in [6.07, 6.45) is 2.19. The molecule has 0 radical (unpaired) electrons. The van der Waals surface area contributed by atoms with Gasteiger partial charge in [0, 0.05) is 18.0 Å². The Hall–Kier alpha value is -1.02. The van der Waals surface area contributed by atoms with Gasteiger partial charge in [-0.05, 0) is 64.3 Å². The maximum Gasteiger partial charge on any atom is 0.128 e. The zero-order chi connectivity index (χ0) is 14.2. The van der Waals surface area contributed by atoms with Crippen LogP contribution in [0.2, 0.25) is 0 Å². The largest absolute Gasteiger partial charge is 0.487 e. The van der Waals surface area contributed by atoms with Gasteiger partial charge in [-0.3, -0.25) is 0 Å². The molecule has 0 aliphatic carbocycles. The Morgan fingerprint density at radius 2 is 1.95 bits per heavy atom. The molecule has 106 valence electrons. The van der Waals surface area contributed by atoms with Gasteiger partial charge in [0.2, 0.25) is 0 Å². The van der Waals surface area contributed by atoms with E-state index in [1.54, 1.807) is 0 Å². The van der Waals surface area contributed by atoms with Crippen molar-refractivity contribution >= 4 is 0 Å². The minimum atomic E-state index is -0.0938. The Morgan fingerprint density at radius 1 is 1.26 bits per heavy atom. The molecule has 0 spiro atoms. The number of hydrogen-bond donors (Lipinski definition) is 1. The topological polar surface area (TPSA) is 21.3 Å². The first-order valence-electron chi connectivity index (χ1n) is 7.39. The molecule has 19 heavy (non-hydrogen) atoms. The highest BCUT2D eigenvalue weighted by atomic mass is 16.5. The van der Waals surface area contributed by atoms with Crippen LogP contribution in [0.3, 0.4) is 0 Å². The second kappa shape index (κ2) is 5.16. The van der Waals surface area contributed by atoms with Gasteiger partial charge < -0.3 is 10.1 Å². The number of ether oxygens (including phenoxy) is 1. The molecule has 0 aromatic heterocycles. The van der Waals surface area contributed by atoms with Crippen LogP contribution >= 0.6 is 0 Å². The monoisotopic (exact) mass is 261 g/mol. The van der Waals surface area contributed by atoms with Crippen molar-refractivity contribution in [2.45, 2.75) is 66.0 Å². The van der Waals surface area contributed by atoms with E-state index in [-0.39, 0.29) is 5.60 Å². The lowest BCUT2D eigenvalue weighted by molar-refractivity contribution is 0.0648. The number of benzene rings is 1. The summed E-state index contributed by atoms with van der Waals surface area (Å²) < 4.78 is 6.28. The fraction of sp³-hybridized carbons (Fsp3) is 0.647. The van der Waals surface area contributed by atoms with Gasteiger partial charge in [0.05, 0.1) is 0 Å². The molecule has 1 heterocycles. The third kappa shape index (κ3) is 2.79. The van der Waals surface area contributed by atoms with Gasteiger partial charge in [-0.15, -0.1) is 0 Å². The van der Waals surface area contributed by atoms with E-state index in [9.17, 15) is 0 Å². The standard InChI is InChI=1S/C17H27NO/c1-7-8-18-14-10-17(5,6)19-16-13(4)11(2)9-12(3)15(14)16/h9,14,18H,7-8,10H2,1-6H3. The molecule has 1 aliphatic heterocycles. The van der Waals surface area contributed by atoms with Crippen molar-refractivity contribution < 1.29 is 4.74 Å². The Balaban J connectivity index is 2.50. The highest BCUT2D eigenvalue weighted by molar-refractivity contribution is 5.52. The molecule has 1 unspecified atom stereocenters. The summed E-state index contributed by atoms with van der Waals surface area (Å²) in [6.45, 7) is 14.2. The lowest BCUT2D eigenvalue weighted by Gasteiger charge is -2.40. The van der Waals surface area contributed by atoms with Crippen LogP contribution in [0, 0.1) is 20.8 Å². The van der Waals surface area contributed by atoms with Gasteiger partial charge in [0.25, 0.3) is 0 Å². The van der Waals surface area contributed by atoms with Gasteiger partial charge in [0.1, 0.15) is 11.4 Å². The van der Waals surface area contributed by atoms with Crippen LogP contribution in [-0.4, -0.2) is 12.1 Å². The SMILES string of the molecule is CCCNC1CC(C)(C)Oc2c(C)c(C)cc(C)c21. The van der Waals surface area contributed by atoms with Crippen molar-refractivity contribution in [3.8, 4) is 5.75 Å². The first-order chi connectivity index (χ1) is 8.85. The molecule has 0 saturated carbocycles. The number of rotatable bonds is 3. The summed E-state index contributed by atoms with van der Waals surface area (Å²) in [5.41, 5.74) is 5.24. The summed E-state index contributed by atoms with van der Waals surface area (Å²) in [6, 6.07) is 2.70. The quantitative estimate of drug-likeness (QED) is 0.880. The minimum Gasteiger partial charge on any atom is -0.487 e. The summed E-state index contributed by atoms with van der Waals surface area (Å²) in [7, 11) is 0. The number of fused-ring (bicyclic) bond motifs is 1. The van der Waals surface area contributed by atoms with Crippen LogP contribution in [0.4, 0.5) is 0 Å². The molecule has 1 aromatic carbocycles. The first-order valence-corrected chi connectivity index (χ1v) is 7.39. The molecule has 2 heteroatoms. The number of hydrogen-bond acceptors (Lipinski definition) is 2. The van der Waals surface area contributed by atoms with Crippen molar-refractivity contribution in [3.05, 3.63) is 28.3 Å². The molecule has 2 rings (SSSR count). The van der Waals surface area contributed by atoms with E-state index < -0.39 is 0 Å². The molecule has 1 aromatic rings. The molecule has 1 aliphatic rings. The Bertz CT molecular complexity index is 477. The fourth-order valence-electron chi connectivity index (χ4n) is 3.04. The molecular formula is C17H27NO. The Kier molecular flexibility index (Phi) is 3.91. The van der Waals surface area contributed by atoms with Crippen molar-refractivity contribution in [2.24, 2.45) is 0 Å². The average molecular weight is 261 g/mol. The Labute approximate surface area is 117 Å². The van der Waals surface area contributed by atoms with E-state index >= 15 is 0 Å². The fourth-order valence-corrected chi connectivity index (χ4v) is 3.04. The highest BCUT2D eigenvalue weighted by Gasteiger charge is 2.35. The van der Waals surface area contributed by atoms with E-state index in [1.807, 2.05) is 0 Å². The van der Waals surface area contributed by atoms with Gasteiger partial charge in [-0.1, -0.05) is 13.0 Å². The second-order valence-electron chi connectivity index (χ2n) is 6.45. The van der Waals surface area contributed by atoms with E-state index in [0.29, 0.717) is 6.04 Å². The van der Waals surface area contributed by atoms with E-state index in [4.69, 9.17) is 4.74 Å². The lowest BCUT2D eigenvalue weighted by Crippen LogP contribution is -2.40. The van der Waals surface area contributed by atoms with Crippen LogP contribution < -0.4 is 10.1 Å². The maximum atomic E-state index is 6.28. The number of aryl methyl sites for hydroxylation is 2. The lowest BCUT2D eigenvalue weighted by atomic mass is 9.85. The summed E-state index contributed by atoms with van der Waals surface area (Å²) in [4.78, 5) is 0. The summed E-state index contributed by atoms with van der Waals surface area (Å²) >= 11 is 0. The molecule has 0 amide bonds.